The molecule has 0 aliphatic carbocycles. The number of carbonyl (C=O) groups excluding carboxylic acids is 5. The Morgan fingerprint density at radius 3 is 1.84 bits per heavy atom. The second kappa shape index (κ2) is 26.5. The lowest BCUT2D eigenvalue weighted by molar-refractivity contribution is -0.146. The molecule has 0 saturated carbocycles. The number of ketones is 2. The van der Waals surface area contributed by atoms with Gasteiger partial charge in [-0.25, -0.2) is 0 Å². The molecule has 1 rings (SSSR count). The van der Waals surface area contributed by atoms with E-state index < -0.39 is 15.1 Å². The van der Waals surface area contributed by atoms with Crippen molar-refractivity contribution >= 4 is 38.4 Å². The summed E-state index contributed by atoms with van der Waals surface area (Å²) in [5.74, 6) is -0.328. The van der Waals surface area contributed by atoms with Gasteiger partial charge in [0.25, 0.3) is 0 Å². The smallest absolute Gasteiger partial charge is 0.305 e. The summed E-state index contributed by atoms with van der Waals surface area (Å²) >= 11 is 0. The number of nitrogens with zero attached hydrogens (tertiary/aromatic N) is 6. The van der Waals surface area contributed by atoms with Crippen molar-refractivity contribution in [2.24, 2.45) is 0 Å². The highest BCUT2D eigenvalue weighted by Crippen LogP contribution is 2.12. The van der Waals surface area contributed by atoms with Crippen LogP contribution in [0.5, 0.6) is 0 Å². The average molecular weight is 743 g/mol. The molecule has 2 N–H and O–H groups in total. The summed E-state index contributed by atoms with van der Waals surface area (Å²) in [6.45, 7) is 11.2. The number of ether oxygens (including phenoxy) is 1. The van der Waals surface area contributed by atoms with Crippen LogP contribution in [0.2, 0.25) is 12.6 Å². The first-order chi connectivity index (χ1) is 24.1. The highest BCUT2D eigenvalue weighted by atomic mass is 28.3. The second-order valence-corrected chi connectivity index (χ2v) is 16.9. The van der Waals surface area contributed by atoms with Gasteiger partial charge in [0.2, 0.25) is 11.8 Å². The van der Waals surface area contributed by atoms with E-state index in [1.54, 1.807) is 52.1 Å². The highest BCUT2D eigenvalue weighted by molar-refractivity contribution is 6.50. The van der Waals surface area contributed by atoms with Crippen LogP contribution in [0.3, 0.4) is 0 Å². The highest BCUT2D eigenvalue weighted by Gasteiger charge is 2.28. The van der Waals surface area contributed by atoms with Crippen LogP contribution in [-0.4, -0.2) is 214 Å². The zero-order chi connectivity index (χ0) is 38.3. The standard InChI is InChI=1S/C35H70N8O7Si/c1-29(2)50-51(9)20-11-10-13-35(48)49-28-30-23-42(25-32(45)22-37-4)17-16-40(24-31(44)21-36-3)14-12-15-41(26-33(46)38(5)6)18-19-43(30)27-34(47)39(7)8/h29-30,36-37,51H,10-28H2,1-9H3. The molecular weight excluding hydrogens is 673 g/mol. The van der Waals surface area contributed by atoms with Crippen molar-refractivity contribution in [3.8, 4) is 0 Å². The molecule has 1 aliphatic rings. The van der Waals surface area contributed by atoms with Crippen molar-refractivity contribution < 1.29 is 33.1 Å². The fraction of sp³-hybridized carbons (Fsp3) is 0.857. The number of carbonyl (C=O) groups is 5. The molecule has 1 fully saturated rings. The molecule has 51 heavy (non-hydrogen) atoms. The van der Waals surface area contributed by atoms with E-state index in [0.29, 0.717) is 58.7 Å². The lowest BCUT2D eigenvalue weighted by Gasteiger charge is -2.36. The molecule has 0 bridgehead atoms. The summed E-state index contributed by atoms with van der Waals surface area (Å²) in [6.07, 6.45) is 2.86. The molecule has 296 valence electrons. The molecular formula is C35H70N8O7Si. The van der Waals surface area contributed by atoms with Gasteiger partial charge in [-0.2, -0.15) is 0 Å². The van der Waals surface area contributed by atoms with E-state index in [1.165, 1.54) is 0 Å². The van der Waals surface area contributed by atoms with E-state index in [1.807, 2.05) is 23.6 Å². The Balaban J connectivity index is 3.38. The first-order valence-electron chi connectivity index (χ1n) is 18.6. The van der Waals surface area contributed by atoms with E-state index in [-0.39, 0.29) is 81.3 Å². The molecule has 0 aromatic carbocycles. The van der Waals surface area contributed by atoms with Crippen molar-refractivity contribution in [2.75, 3.05) is 134 Å². The van der Waals surface area contributed by atoms with E-state index in [4.69, 9.17) is 9.16 Å². The van der Waals surface area contributed by atoms with Gasteiger partial charge in [0, 0.05) is 73.4 Å². The van der Waals surface area contributed by atoms with Crippen molar-refractivity contribution in [3.63, 3.8) is 0 Å². The maximum Gasteiger partial charge on any atom is 0.305 e. The third-order valence-corrected chi connectivity index (χ3v) is 11.0. The number of amides is 2. The van der Waals surface area contributed by atoms with Gasteiger partial charge < -0.3 is 29.6 Å². The van der Waals surface area contributed by atoms with Crippen molar-refractivity contribution in [3.05, 3.63) is 0 Å². The van der Waals surface area contributed by atoms with Gasteiger partial charge in [-0.15, -0.1) is 0 Å². The number of unbranched alkanes of at least 4 members (excludes halogenated alkanes) is 1. The van der Waals surface area contributed by atoms with Crippen molar-refractivity contribution in [1.29, 1.82) is 0 Å². The van der Waals surface area contributed by atoms with E-state index in [2.05, 4.69) is 27.0 Å². The van der Waals surface area contributed by atoms with Crippen LogP contribution in [0.4, 0.5) is 0 Å². The minimum atomic E-state index is -1.27. The normalized spacial score (nSPS) is 18.4. The third-order valence-electron chi connectivity index (χ3n) is 8.80. The molecule has 2 atom stereocenters. The Morgan fingerprint density at radius 2 is 1.27 bits per heavy atom. The van der Waals surface area contributed by atoms with Crippen LogP contribution in [0, 0.1) is 0 Å². The van der Waals surface area contributed by atoms with Crippen LogP contribution in [-0.2, 0) is 33.1 Å². The van der Waals surface area contributed by atoms with Crippen molar-refractivity contribution in [1.82, 2.24) is 40.0 Å². The predicted molar refractivity (Wildman–Crippen MR) is 203 cm³/mol. The molecule has 1 saturated heterocycles. The van der Waals surface area contributed by atoms with Gasteiger partial charge in [0.1, 0.15) is 6.61 Å². The van der Waals surface area contributed by atoms with Gasteiger partial charge in [-0.1, -0.05) is 6.42 Å². The summed E-state index contributed by atoms with van der Waals surface area (Å²) in [6, 6.07) is 0.591. The molecule has 16 heteroatoms. The largest absolute Gasteiger partial charge is 0.464 e. The lowest BCUT2D eigenvalue weighted by Crippen LogP contribution is -2.54. The summed E-state index contributed by atoms with van der Waals surface area (Å²) in [5.41, 5.74) is 0. The number of hydrogen-bond acceptors (Lipinski definition) is 13. The van der Waals surface area contributed by atoms with Crippen LogP contribution >= 0.6 is 0 Å². The van der Waals surface area contributed by atoms with Crippen molar-refractivity contribution in [2.45, 2.75) is 64.3 Å². The van der Waals surface area contributed by atoms with Crippen LogP contribution in [0.15, 0.2) is 0 Å². The molecule has 0 aromatic rings. The maximum absolute atomic E-state index is 13.2. The van der Waals surface area contributed by atoms with Gasteiger partial charge in [-0.05, 0) is 66.5 Å². The Kier molecular flexibility index (Phi) is 24.2. The second-order valence-electron chi connectivity index (χ2n) is 14.4. The average Bonchev–Trinajstić information content (AvgIpc) is 3.05. The number of hydrogen-bond donors (Lipinski definition) is 2. The fourth-order valence-electron chi connectivity index (χ4n) is 5.96. The van der Waals surface area contributed by atoms with E-state index in [0.717, 1.165) is 18.9 Å². The molecule has 15 nitrogen and oxygen atoms in total. The molecule has 1 heterocycles. The van der Waals surface area contributed by atoms with E-state index >= 15 is 0 Å². The Hall–Kier alpha value is -2.31. The molecule has 2 amide bonds. The fourth-order valence-corrected chi connectivity index (χ4v) is 7.88. The minimum absolute atomic E-state index is 0.0129. The Labute approximate surface area is 309 Å². The summed E-state index contributed by atoms with van der Waals surface area (Å²) in [5, 5.41) is 5.88. The van der Waals surface area contributed by atoms with Gasteiger partial charge >= 0.3 is 5.97 Å². The first-order valence-corrected chi connectivity index (χ1v) is 21.0. The first kappa shape index (κ1) is 46.7. The summed E-state index contributed by atoms with van der Waals surface area (Å²) < 4.78 is 11.9. The van der Waals surface area contributed by atoms with Gasteiger partial charge in [0.05, 0.1) is 45.3 Å². The summed E-state index contributed by atoms with van der Waals surface area (Å²) in [4.78, 5) is 76.1. The van der Waals surface area contributed by atoms with Crippen LogP contribution < -0.4 is 10.6 Å². The SMILES string of the molecule is CNCC(=O)CN1CCCN(CC(=O)N(C)C)CCN(CC(=O)N(C)C)C(COC(=O)CCCC[SiH](C)OC(C)C)CN(CC(=O)CNC)CC1. The Morgan fingerprint density at radius 1 is 0.745 bits per heavy atom. The third kappa shape index (κ3) is 21.7. The maximum atomic E-state index is 13.2. The topological polar surface area (TPSA) is 147 Å². The molecule has 0 radical (unpaired) electrons. The van der Waals surface area contributed by atoms with E-state index in [9.17, 15) is 24.0 Å². The summed E-state index contributed by atoms with van der Waals surface area (Å²) in [7, 11) is 9.10. The molecule has 0 spiro atoms. The number of likely N-dealkylation sites (N-methyl/N-ethyl adjacent to an activating group) is 4. The zero-order valence-electron chi connectivity index (χ0n) is 33.2. The van der Waals surface area contributed by atoms with Gasteiger partial charge in [-0.3, -0.25) is 43.6 Å². The minimum Gasteiger partial charge on any atom is -0.464 e. The number of rotatable bonds is 21. The molecule has 2 unspecified atom stereocenters. The monoisotopic (exact) mass is 743 g/mol. The number of Topliss-reactive ketones (excluding diaryl/α,β-unsaturated/α-hetero) is 2. The molecule has 0 aromatic heterocycles. The predicted octanol–water partition coefficient (Wildman–Crippen LogP) is -0.788. The lowest BCUT2D eigenvalue weighted by atomic mass is 10.2. The van der Waals surface area contributed by atoms with Gasteiger partial charge in [0.15, 0.2) is 20.6 Å². The van der Waals surface area contributed by atoms with Crippen LogP contribution in [0.1, 0.15) is 39.5 Å². The van der Waals surface area contributed by atoms with Crippen LogP contribution in [0.25, 0.3) is 0 Å². The quantitative estimate of drug-likeness (QED) is 0.0862. The number of esters is 1. The zero-order valence-corrected chi connectivity index (χ0v) is 34.4. The Bertz CT molecular complexity index is 1050. The number of nitrogens with one attached hydrogen (secondary N) is 2. The molecule has 1 aliphatic heterocycles.